The monoisotopic (exact) mass is 1530 g/mol. The maximum atomic E-state index is 13.6. The standard InChI is InChI=1S/C18H15F4N5O.C18H12F3N5O2.C17H13F4N5O2.C15H11F3N4O3/c1-26(11-18(20,21)22)17-23-8-13(9-24-17)15-5-6-16(28)27(25-15)10-12-3-2-4-14(19)7-12;19-18(20,21)11-28-17-23-8-14(9-24-17)15-4-5-16(27)26(25-15)10-13-3-1-2-12(6-13)7-22;1-10-13(18)4-11(5-22-10)8-26-15(27)3-2-14(25-26)12-6-23-16(24-7-12)28-9-17(19,20)21;16-15(17,18)9-25-14-19-6-10(7-20-14)12-3-4-13(23)22(21-12)8-11-2-1-5-24-11/h2-9H,10-11H2,1H3;1-6,8-9H,10-11H2;2-7H,8-9H2,1H3;1-7H,8-9H2. The van der Waals surface area contributed by atoms with Gasteiger partial charge in [-0.15, -0.1) is 0 Å². The molecule has 12 rings (SSSR count). The number of pyridine rings is 1. The van der Waals surface area contributed by atoms with E-state index in [0.29, 0.717) is 67.5 Å². The molecule has 0 aliphatic carbocycles. The number of nitriles is 1. The van der Waals surface area contributed by atoms with Gasteiger partial charge in [0.05, 0.1) is 66.0 Å². The Hall–Kier alpha value is -13.6. The fraction of sp³-hybridized carbons (Fsp3) is 0.206. The molecular formula is C68H51F14N19O8. The molecule has 0 fully saturated rings. The second kappa shape index (κ2) is 35.5. The Balaban J connectivity index is 0.000000168. The Labute approximate surface area is 602 Å². The predicted octanol–water partition coefficient (Wildman–Crippen LogP) is 10.3. The molecule has 0 spiro atoms. The van der Waals surface area contributed by atoms with Crippen LogP contribution in [-0.4, -0.2) is 142 Å². The number of hydrogen-bond acceptors (Lipinski definition) is 23. The van der Waals surface area contributed by atoms with Gasteiger partial charge in [0.25, 0.3) is 22.2 Å². The summed E-state index contributed by atoms with van der Waals surface area (Å²) in [4.78, 5) is 82.9. The fourth-order valence-corrected chi connectivity index (χ4v) is 8.94. The van der Waals surface area contributed by atoms with Gasteiger partial charge in [-0.1, -0.05) is 24.3 Å². The highest BCUT2D eigenvalue weighted by Crippen LogP contribution is 2.25. The van der Waals surface area contributed by atoms with Crippen LogP contribution in [0.2, 0.25) is 0 Å². The average molecular weight is 1530 g/mol. The summed E-state index contributed by atoms with van der Waals surface area (Å²) in [5.41, 5.74) is 3.98. The third-order valence-electron chi connectivity index (χ3n) is 13.9. The molecule has 109 heavy (non-hydrogen) atoms. The number of anilines is 1. The van der Waals surface area contributed by atoms with Crippen LogP contribution >= 0.6 is 0 Å². The molecule has 0 saturated carbocycles. The Morgan fingerprint density at radius 2 is 0.807 bits per heavy atom. The van der Waals surface area contributed by atoms with Crippen molar-refractivity contribution in [3.05, 3.63) is 264 Å². The molecule has 12 aromatic rings. The number of aryl methyl sites for hydroxylation is 1. The van der Waals surface area contributed by atoms with Crippen molar-refractivity contribution in [1.29, 1.82) is 5.26 Å². The van der Waals surface area contributed by atoms with Crippen LogP contribution in [0.5, 0.6) is 18.0 Å². The van der Waals surface area contributed by atoms with Crippen molar-refractivity contribution in [2.45, 2.75) is 57.8 Å². The lowest BCUT2D eigenvalue weighted by Crippen LogP contribution is -2.32. The Morgan fingerprint density at radius 3 is 1.17 bits per heavy atom. The normalized spacial score (nSPS) is 11.4. The van der Waals surface area contributed by atoms with Crippen molar-refractivity contribution in [1.82, 2.24) is 84.0 Å². The van der Waals surface area contributed by atoms with Gasteiger partial charge in [-0.3, -0.25) is 24.2 Å². The van der Waals surface area contributed by atoms with Crippen LogP contribution in [0.3, 0.4) is 0 Å². The van der Waals surface area contributed by atoms with Gasteiger partial charge in [0, 0.05) is 109 Å². The summed E-state index contributed by atoms with van der Waals surface area (Å²) in [7, 11) is 1.24. The van der Waals surface area contributed by atoms with Gasteiger partial charge in [0.1, 0.15) is 30.5 Å². The Bertz CT molecular complexity index is 5340. The third kappa shape index (κ3) is 25.1. The van der Waals surface area contributed by atoms with Gasteiger partial charge in [-0.05, 0) is 90.3 Å². The molecule has 0 aliphatic rings. The van der Waals surface area contributed by atoms with Crippen molar-refractivity contribution in [2.24, 2.45) is 0 Å². The van der Waals surface area contributed by atoms with Crippen molar-refractivity contribution >= 4 is 5.95 Å². The molecule has 0 bridgehead atoms. The highest BCUT2D eigenvalue weighted by atomic mass is 19.4. The SMILES string of the molecule is CN(CC(F)(F)F)c1ncc(-c2ccc(=O)n(Cc3cccc(F)c3)n2)cn1.Cc1ncc(Cn2nc(-c3cnc(OCC(F)(F)F)nc3)ccc2=O)cc1F.N#Cc1cccc(Cn2nc(-c3cnc(OCC(F)(F)F)nc3)ccc2=O)c1.O=c1ccc(-c2cnc(OCC(F)(F)F)nc2)nn1Cc1ccco1. The summed E-state index contributed by atoms with van der Waals surface area (Å²) in [6.45, 7) is -3.77. The molecule has 0 amide bonds. The van der Waals surface area contributed by atoms with Crippen LogP contribution in [0, 0.1) is 29.9 Å². The van der Waals surface area contributed by atoms with Gasteiger partial charge in [-0.25, -0.2) is 67.4 Å². The summed E-state index contributed by atoms with van der Waals surface area (Å²) in [6.07, 6.45) is -4.74. The zero-order chi connectivity index (χ0) is 78.6. The molecular weight excluding hydrogens is 1480 g/mol. The van der Waals surface area contributed by atoms with Crippen molar-refractivity contribution in [2.75, 3.05) is 38.3 Å². The number of hydrogen-bond donors (Lipinski definition) is 0. The van der Waals surface area contributed by atoms with E-state index in [2.05, 4.69) is 79.5 Å². The summed E-state index contributed by atoms with van der Waals surface area (Å²) in [5.74, 6) is -0.453. The van der Waals surface area contributed by atoms with E-state index in [4.69, 9.17) is 9.68 Å². The van der Waals surface area contributed by atoms with E-state index in [1.165, 1.54) is 158 Å². The van der Waals surface area contributed by atoms with Gasteiger partial charge in [0.15, 0.2) is 19.8 Å². The van der Waals surface area contributed by atoms with Gasteiger partial charge in [-0.2, -0.15) is 78.3 Å². The molecule has 41 heteroatoms. The van der Waals surface area contributed by atoms with E-state index >= 15 is 0 Å². The molecule has 10 heterocycles. The van der Waals surface area contributed by atoms with Gasteiger partial charge >= 0.3 is 42.7 Å². The number of ether oxygens (including phenoxy) is 3. The van der Waals surface area contributed by atoms with Crippen molar-refractivity contribution < 1.29 is 80.1 Å². The molecule has 0 radical (unpaired) electrons. The minimum absolute atomic E-state index is 0.00942. The van der Waals surface area contributed by atoms with Crippen LogP contribution in [-0.2, 0) is 26.2 Å². The number of halogens is 14. The zero-order valence-corrected chi connectivity index (χ0v) is 56.0. The molecule has 0 saturated heterocycles. The summed E-state index contributed by atoms with van der Waals surface area (Å²) in [5, 5.41) is 25.7. The average Bonchev–Trinajstić information content (AvgIpc) is 1.18. The fourth-order valence-electron chi connectivity index (χ4n) is 8.94. The Morgan fingerprint density at radius 1 is 0.431 bits per heavy atom. The van der Waals surface area contributed by atoms with E-state index in [-0.39, 0.29) is 54.5 Å². The molecule has 10 aromatic heterocycles. The maximum absolute atomic E-state index is 13.6. The molecule has 0 N–H and O–H groups in total. The minimum Gasteiger partial charge on any atom is -0.467 e. The number of rotatable bonds is 20. The van der Waals surface area contributed by atoms with Crippen LogP contribution in [0.1, 0.15) is 33.7 Å². The van der Waals surface area contributed by atoms with Crippen LogP contribution in [0.15, 0.2) is 201 Å². The highest BCUT2D eigenvalue weighted by Gasteiger charge is 2.32. The first-order valence-corrected chi connectivity index (χ1v) is 31.0. The molecule has 0 atom stereocenters. The summed E-state index contributed by atoms with van der Waals surface area (Å²) < 4.78 is 197. The van der Waals surface area contributed by atoms with E-state index in [1.54, 1.807) is 42.5 Å². The quantitative estimate of drug-likeness (QED) is 0.0640. The van der Waals surface area contributed by atoms with Crippen molar-refractivity contribution in [3.8, 4) is 69.1 Å². The van der Waals surface area contributed by atoms with E-state index in [1.807, 2.05) is 6.07 Å². The molecule has 564 valence electrons. The second-order valence-electron chi connectivity index (χ2n) is 22.5. The second-order valence-corrected chi connectivity index (χ2v) is 22.5. The zero-order valence-electron chi connectivity index (χ0n) is 56.0. The highest BCUT2D eigenvalue weighted by molar-refractivity contribution is 5.58. The van der Waals surface area contributed by atoms with Crippen LogP contribution in [0.4, 0.5) is 67.4 Å². The molecule has 2 aromatic carbocycles. The first-order chi connectivity index (χ1) is 51.7. The first kappa shape index (κ1) is 79.5. The summed E-state index contributed by atoms with van der Waals surface area (Å²) >= 11 is 0. The van der Waals surface area contributed by atoms with Crippen LogP contribution in [0.25, 0.3) is 45.0 Å². The summed E-state index contributed by atoms with van der Waals surface area (Å²) in [6, 6.07) is 29.0. The minimum atomic E-state index is -4.50. The van der Waals surface area contributed by atoms with Crippen molar-refractivity contribution in [3.63, 3.8) is 0 Å². The lowest BCUT2D eigenvalue weighted by atomic mass is 10.1. The topological polar surface area (TPSA) is 323 Å². The van der Waals surface area contributed by atoms with Crippen LogP contribution < -0.4 is 41.3 Å². The largest absolute Gasteiger partial charge is 0.467 e. The predicted molar refractivity (Wildman–Crippen MR) is 354 cm³/mol. The lowest BCUT2D eigenvalue weighted by molar-refractivity contribution is -0.155. The number of benzene rings is 2. The third-order valence-corrected chi connectivity index (χ3v) is 13.9. The lowest BCUT2D eigenvalue weighted by Gasteiger charge is -2.18. The number of nitrogens with zero attached hydrogens (tertiary/aromatic N) is 19. The number of alkyl halides is 12. The van der Waals surface area contributed by atoms with E-state index < -0.39 is 86.3 Å². The number of furan rings is 1. The van der Waals surface area contributed by atoms with E-state index in [9.17, 15) is 80.6 Å². The molecule has 0 aliphatic heterocycles. The van der Waals surface area contributed by atoms with E-state index in [0.717, 1.165) is 19.8 Å². The molecule has 0 unspecified atom stereocenters. The van der Waals surface area contributed by atoms with Gasteiger partial charge < -0.3 is 23.5 Å². The first-order valence-electron chi connectivity index (χ1n) is 31.0. The Kier molecular flexibility index (Phi) is 25.9. The van der Waals surface area contributed by atoms with Gasteiger partial charge in [0.2, 0.25) is 5.95 Å². The number of aromatic nitrogens is 17. The maximum Gasteiger partial charge on any atom is 0.422 e. The molecule has 27 nitrogen and oxygen atoms in total. The smallest absolute Gasteiger partial charge is 0.422 e.